The Kier molecular flexibility index (Phi) is 7.25. The van der Waals surface area contributed by atoms with Gasteiger partial charge in [0, 0.05) is 45.1 Å². The molecule has 42 heavy (non-hydrogen) atoms. The quantitative estimate of drug-likeness (QED) is 0.255. The van der Waals surface area contributed by atoms with Crippen molar-refractivity contribution in [3.05, 3.63) is 98.0 Å². The van der Waals surface area contributed by atoms with Gasteiger partial charge in [0.15, 0.2) is 0 Å². The van der Waals surface area contributed by atoms with Gasteiger partial charge in [-0.05, 0) is 48.0 Å². The first-order valence-electron chi connectivity index (χ1n) is 11.8. The smallest absolute Gasteiger partial charge is 0.391 e. The zero-order valence-corrected chi connectivity index (χ0v) is 21.4. The number of hydrogen-bond acceptors (Lipinski definition) is 2. The van der Waals surface area contributed by atoms with E-state index in [1.165, 1.54) is 0 Å². The van der Waals surface area contributed by atoms with Gasteiger partial charge in [0.1, 0.15) is 18.4 Å². The average molecular weight is 617 g/mol. The molecule has 0 aliphatic carbocycles. The van der Waals surface area contributed by atoms with E-state index in [0.717, 1.165) is 24.3 Å². The average Bonchev–Trinajstić information content (AvgIpc) is 3.38. The molecule has 0 fully saturated rings. The molecule has 3 aromatic carbocycles. The topological polar surface area (TPSA) is 90.4 Å². The van der Waals surface area contributed by atoms with Crippen molar-refractivity contribution in [3.8, 4) is 0 Å². The molecule has 1 atom stereocenters. The lowest BCUT2D eigenvalue weighted by atomic mass is 9.95. The van der Waals surface area contributed by atoms with Gasteiger partial charge in [0.05, 0.1) is 17.2 Å². The van der Waals surface area contributed by atoms with Crippen molar-refractivity contribution in [2.45, 2.75) is 32.0 Å². The zero-order chi connectivity index (χ0) is 30.7. The fourth-order valence-corrected chi connectivity index (χ4v) is 5.12. The maximum atomic E-state index is 14.2. The summed E-state index contributed by atoms with van der Waals surface area (Å²) >= 11 is 6.24. The summed E-state index contributed by atoms with van der Waals surface area (Å²) in [6.45, 7) is -2.67. The van der Waals surface area contributed by atoms with Crippen molar-refractivity contribution in [2.75, 3.05) is 5.32 Å². The SMILES string of the molecule is [N-]=c1n(CC(F)F)c2cc(NC(=O)c3cc(F)cc(C(F)(F)F)c3)c3c(c2n1CF)C(=O)NC3c1cc(F)ccc1Cl. The predicted molar refractivity (Wildman–Crippen MR) is 134 cm³/mol. The Hall–Kier alpha value is -4.40. The number of hydrogen-bond donors (Lipinski definition) is 2. The number of carbonyl (C=O) groups is 2. The summed E-state index contributed by atoms with van der Waals surface area (Å²) < 4.78 is 110. The van der Waals surface area contributed by atoms with Crippen molar-refractivity contribution in [3.63, 3.8) is 0 Å². The van der Waals surface area contributed by atoms with E-state index >= 15 is 0 Å². The molecular weight excluding hydrogens is 602 g/mol. The maximum absolute atomic E-state index is 14.2. The van der Waals surface area contributed by atoms with Crippen LogP contribution in [0, 0.1) is 11.6 Å². The fourth-order valence-electron chi connectivity index (χ4n) is 4.89. The van der Waals surface area contributed by atoms with Crippen molar-refractivity contribution in [1.82, 2.24) is 14.5 Å². The van der Waals surface area contributed by atoms with Crippen LogP contribution in [0.5, 0.6) is 0 Å². The number of anilines is 1. The number of nitrogens with zero attached hydrogens (tertiary/aromatic N) is 3. The molecule has 16 heteroatoms. The van der Waals surface area contributed by atoms with Gasteiger partial charge < -0.3 is 25.2 Å². The summed E-state index contributed by atoms with van der Waals surface area (Å²) in [6, 6.07) is 3.79. The Balaban J connectivity index is 1.79. The van der Waals surface area contributed by atoms with Gasteiger partial charge in [-0.1, -0.05) is 11.6 Å². The molecular formula is C26H15ClF8N5O2-. The highest BCUT2D eigenvalue weighted by molar-refractivity contribution is 6.31. The highest BCUT2D eigenvalue weighted by Crippen LogP contribution is 2.43. The second kappa shape index (κ2) is 10.5. The highest BCUT2D eigenvalue weighted by atomic mass is 35.5. The van der Waals surface area contributed by atoms with E-state index in [1.807, 2.05) is 0 Å². The molecule has 5 rings (SSSR count). The Labute approximate surface area is 234 Å². The minimum Gasteiger partial charge on any atom is -0.391 e. The Morgan fingerprint density at radius 3 is 2.43 bits per heavy atom. The second-order valence-electron chi connectivity index (χ2n) is 9.18. The maximum Gasteiger partial charge on any atom is 0.416 e. The van der Waals surface area contributed by atoms with E-state index in [2.05, 4.69) is 10.6 Å². The largest absolute Gasteiger partial charge is 0.416 e. The Bertz CT molecular complexity index is 1830. The molecule has 1 aromatic heterocycles. The third kappa shape index (κ3) is 4.97. The number of aromatic nitrogens is 2. The zero-order valence-electron chi connectivity index (χ0n) is 20.7. The standard InChI is InChI=1S/C26H15ClF8N5O2/c27-15-2-1-12(29)6-14(15)21-19-16(37-23(41)10-3-11(26(33,34)35)5-13(30)4-10)7-17-22(20(19)24(42)38-21)40(9-28)25(36)39(17)8-18(31)32/h1-7,18,21H,8-9H2,(H,37,41)(H,38,42)/q-1. The summed E-state index contributed by atoms with van der Waals surface area (Å²) in [7, 11) is 0. The summed E-state index contributed by atoms with van der Waals surface area (Å²) in [5.74, 6) is -4.45. The van der Waals surface area contributed by atoms with Crippen molar-refractivity contribution < 1.29 is 44.7 Å². The summed E-state index contributed by atoms with van der Waals surface area (Å²) in [6.07, 6.45) is -8.09. The third-order valence-electron chi connectivity index (χ3n) is 6.60. The molecule has 0 bridgehead atoms. The third-order valence-corrected chi connectivity index (χ3v) is 6.94. The number of rotatable bonds is 6. The molecule has 0 saturated carbocycles. The number of fused-ring (bicyclic) bond motifs is 3. The normalized spacial score (nSPS) is 14.9. The molecule has 0 radical (unpaired) electrons. The van der Waals surface area contributed by atoms with Crippen molar-refractivity contribution in [1.29, 1.82) is 0 Å². The van der Waals surface area contributed by atoms with Crippen molar-refractivity contribution >= 4 is 40.1 Å². The lowest BCUT2D eigenvalue weighted by molar-refractivity contribution is -0.137. The Morgan fingerprint density at radius 2 is 1.79 bits per heavy atom. The molecule has 220 valence electrons. The van der Waals surface area contributed by atoms with Crippen LogP contribution in [-0.4, -0.2) is 27.4 Å². The molecule has 2 heterocycles. The van der Waals surface area contributed by atoms with E-state index in [4.69, 9.17) is 11.6 Å². The van der Waals surface area contributed by atoms with E-state index in [1.54, 1.807) is 0 Å². The van der Waals surface area contributed by atoms with Crippen LogP contribution in [0.25, 0.3) is 16.4 Å². The van der Waals surface area contributed by atoms with Gasteiger partial charge in [-0.2, -0.15) is 13.2 Å². The van der Waals surface area contributed by atoms with Gasteiger partial charge in [0.25, 0.3) is 11.8 Å². The number of carbonyl (C=O) groups excluding carboxylic acids is 2. The fraction of sp³-hybridized carbons (Fsp3) is 0.192. The molecule has 2 amide bonds. The number of benzene rings is 3. The highest BCUT2D eigenvalue weighted by Gasteiger charge is 2.37. The first-order valence-corrected chi connectivity index (χ1v) is 12.2. The molecule has 0 spiro atoms. The summed E-state index contributed by atoms with van der Waals surface area (Å²) in [4.78, 5) is 26.4. The second-order valence-corrected chi connectivity index (χ2v) is 9.59. The van der Waals surface area contributed by atoms with Gasteiger partial charge in [-0.3, -0.25) is 9.59 Å². The number of alkyl halides is 6. The number of imidazole rings is 1. The first kappa shape index (κ1) is 29.1. The molecule has 1 unspecified atom stereocenters. The molecule has 0 saturated heterocycles. The molecule has 2 N–H and O–H groups in total. The van der Waals surface area contributed by atoms with Crippen LogP contribution >= 0.6 is 11.6 Å². The van der Waals surface area contributed by atoms with Crippen LogP contribution in [0.2, 0.25) is 5.02 Å². The van der Waals surface area contributed by atoms with E-state index in [-0.39, 0.29) is 38.9 Å². The van der Waals surface area contributed by atoms with Crippen LogP contribution in [0.4, 0.5) is 40.8 Å². The molecule has 4 aromatic rings. The Morgan fingerprint density at radius 1 is 1.07 bits per heavy atom. The van der Waals surface area contributed by atoms with Gasteiger partial charge in [0.2, 0.25) is 6.43 Å². The van der Waals surface area contributed by atoms with Gasteiger partial charge >= 0.3 is 6.18 Å². The lowest BCUT2D eigenvalue weighted by Gasteiger charge is -2.20. The van der Waals surface area contributed by atoms with Crippen molar-refractivity contribution in [2.24, 2.45) is 0 Å². The van der Waals surface area contributed by atoms with Crippen LogP contribution < -0.4 is 16.3 Å². The molecule has 7 nitrogen and oxygen atoms in total. The summed E-state index contributed by atoms with van der Waals surface area (Å²) in [5, 5.41) is 15.2. The lowest BCUT2D eigenvalue weighted by Crippen LogP contribution is -2.25. The summed E-state index contributed by atoms with van der Waals surface area (Å²) in [5.41, 5.74) is -5.08. The first-order chi connectivity index (χ1) is 19.7. The van der Waals surface area contributed by atoms with E-state index in [0.29, 0.717) is 21.3 Å². The predicted octanol–water partition coefficient (Wildman–Crippen LogP) is 6.14. The monoisotopic (exact) mass is 616 g/mol. The van der Waals surface area contributed by atoms with Gasteiger partial charge in [-0.25, -0.2) is 22.0 Å². The van der Waals surface area contributed by atoms with Crippen LogP contribution in [0.15, 0.2) is 42.5 Å². The molecule has 1 aliphatic heterocycles. The van der Waals surface area contributed by atoms with Crippen LogP contribution in [0.1, 0.15) is 43.4 Å². The van der Waals surface area contributed by atoms with Crippen LogP contribution in [-0.2, 0) is 19.5 Å². The van der Waals surface area contributed by atoms with E-state index < -0.39 is 77.7 Å². The van der Waals surface area contributed by atoms with E-state index in [9.17, 15) is 50.1 Å². The number of amides is 2. The minimum absolute atomic E-state index is 0.0493. The number of nitrogens with one attached hydrogen (secondary N) is 2. The minimum atomic E-state index is -5.01. The number of halogens is 9. The molecule has 1 aliphatic rings. The van der Waals surface area contributed by atoms with Crippen LogP contribution in [0.3, 0.4) is 0 Å². The van der Waals surface area contributed by atoms with Gasteiger partial charge in [-0.15, -0.1) is 0 Å².